The fourth-order valence-corrected chi connectivity index (χ4v) is 3.62. The van der Waals surface area contributed by atoms with Crippen molar-refractivity contribution in [1.29, 1.82) is 0 Å². The van der Waals surface area contributed by atoms with Gasteiger partial charge in [0.05, 0.1) is 4.88 Å². The van der Waals surface area contributed by atoms with E-state index < -0.39 is 0 Å². The predicted molar refractivity (Wildman–Crippen MR) is 132 cm³/mol. The molecule has 8 heteroatoms. The Balaban J connectivity index is 1.34. The summed E-state index contributed by atoms with van der Waals surface area (Å²) >= 11 is 1.36. The molecule has 0 aliphatic heterocycles. The zero-order valence-corrected chi connectivity index (χ0v) is 18.2. The van der Waals surface area contributed by atoms with Gasteiger partial charge < -0.3 is 21.3 Å². The maximum atomic E-state index is 12.6. The minimum Gasteiger partial charge on any atom is -0.322 e. The van der Waals surface area contributed by atoms with Crippen LogP contribution in [0.1, 0.15) is 20.0 Å². The molecule has 0 spiro atoms. The number of carbonyl (C=O) groups excluding carboxylic acids is 3. The van der Waals surface area contributed by atoms with Gasteiger partial charge in [-0.15, -0.1) is 11.3 Å². The van der Waals surface area contributed by atoms with Crippen molar-refractivity contribution < 1.29 is 14.4 Å². The molecule has 0 saturated heterocycles. The number of amides is 4. The fraction of sp³-hybridized carbons (Fsp3) is 0. The maximum Gasteiger partial charge on any atom is 0.323 e. The van der Waals surface area contributed by atoms with Crippen LogP contribution in [0, 0.1) is 0 Å². The quantitative estimate of drug-likeness (QED) is 0.291. The Bertz CT molecular complexity index is 1260. The lowest BCUT2D eigenvalue weighted by Crippen LogP contribution is -2.19. The van der Waals surface area contributed by atoms with E-state index in [1.165, 1.54) is 11.3 Å². The standard InChI is InChI=1S/C25H20N4O3S/c30-23(17-11-13-19(14-12-17)26-24(31)22-10-5-15-33-22)27-20-8-4-9-21(16-20)29-25(32)28-18-6-2-1-3-7-18/h1-16H,(H,26,31)(H,27,30)(H2,28,29,32). The highest BCUT2D eigenvalue weighted by atomic mass is 32.1. The smallest absolute Gasteiger partial charge is 0.322 e. The molecule has 4 aromatic rings. The number of thiophene rings is 1. The van der Waals surface area contributed by atoms with Gasteiger partial charge in [-0.2, -0.15) is 0 Å². The first-order valence-corrected chi connectivity index (χ1v) is 10.9. The lowest BCUT2D eigenvalue weighted by Gasteiger charge is -2.10. The second-order valence-corrected chi connectivity index (χ2v) is 7.94. The number of carbonyl (C=O) groups is 3. The van der Waals surface area contributed by atoms with Crippen LogP contribution in [0.15, 0.2) is 96.4 Å². The summed E-state index contributed by atoms with van der Waals surface area (Å²) in [5, 5.41) is 12.9. The van der Waals surface area contributed by atoms with E-state index in [9.17, 15) is 14.4 Å². The second kappa shape index (κ2) is 10.3. The SMILES string of the molecule is O=C(Nc1ccccc1)Nc1cccc(NC(=O)c2ccc(NC(=O)c3cccs3)cc2)c1. The second-order valence-electron chi connectivity index (χ2n) is 6.99. The van der Waals surface area contributed by atoms with Gasteiger partial charge in [0.25, 0.3) is 11.8 Å². The van der Waals surface area contributed by atoms with Gasteiger partial charge in [0.1, 0.15) is 0 Å². The molecule has 1 aromatic heterocycles. The minimum atomic E-state index is -0.384. The third-order valence-corrected chi connectivity index (χ3v) is 5.43. The molecule has 3 aromatic carbocycles. The number of hydrogen-bond donors (Lipinski definition) is 4. The van der Waals surface area contributed by atoms with E-state index in [2.05, 4.69) is 21.3 Å². The Kier molecular flexibility index (Phi) is 6.77. The average Bonchev–Trinajstić information content (AvgIpc) is 3.36. The Morgan fingerprint density at radius 1 is 0.545 bits per heavy atom. The molecule has 0 atom stereocenters. The Morgan fingerprint density at radius 3 is 1.85 bits per heavy atom. The first kappa shape index (κ1) is 21.8. The van der Waals surface area contributed by atoms with Crippen molar-refractivity contribution in [3.05, 3.63) is 107 Å². The van der Waals surface area contributed by atoms with Crippen molar-refractivity contribution in [3.63, 3.8) is 0 Å². The van der Waals surface area contributed by atoms with Gasteiger partial charge in [-0.3, -0.25) is 9.59 Å². The van der Waals surface area contributed by atoms with Gasteiger partial charge in [0.15, 0.2) is 0 Å². The van der Waals surface area contributed by atoms with E-state index in [1.807, 2.05) is 29.6 Å². The molecular formula is C25H20N4O3S. The molecule has 4 amide bonds. The van der Waals surface area contributed by atoms with Crippen LogP contribution in [-0.2, 0) is 0 Å². The van der Waals surface area contributed by atoms with E-state index >= 15 is 0 Å². The third kappa shape index (κ3) is 6.05. The number of rotatable bonds is 6. The largest absolute Gasteiger partial charge is 0.323 e. The molecule has 164 valence electrons. The van der Waals surface area contributed by atoms with Gasteiger partial charge in [0, 0.05) is 28.3 Å². The minimum absolute atomic E-state index is 0.192. The van der Waals surface area contributed by atoms with E-state index in [1.54, 1.807) is 66.7 Å². The highest BCUT2D eigenvalue weighted by Crippen LogP contribution is 2.18. The summed E-state index contributed by atoms with van der Waals surface area (Å²) in [5.41, 5.74) is 2.78. The van der Waals surface area contributed by atoms with Gasteiger partial charge >= 0.3 is 6.03 Å². The first-order valence-electron chi connectivity index (χ1n) is 10.1. The highest BCUT2D eigenvalue weighted by molar-refractivity contribution is 7.12. The lowest BCUT2D eigenvalue weighted by molar-refractivity contribution is 0.102. The fourth-order valence-electron chi connectivity index (χ4n) is 3.00. The maximum absolute atomic E-state index is 12.6. The van der Waals surface area contributed by atoms with Crippen LogP contribution in [0.3, 0.4) is 0 Å². The number of urea groups is 1. The number of anilines is 4. The van der Waals surface area contributed by atoms with Crippen LogP contribution >= 0.6 is 11.3 Å². The molecule has 0 aliphatic rings. The molecule has 1 heterocycles. The normalized spacial score (nSPS) is 10.2. The van der Waals surface area contributed by atoms with Crippen molar-refractivity contribution in [2.24, 2.45) is 0 Å². The summed E-state index contributed by atoms with van der Waals surface area (Å²) < 4.78 is 0. The first-order chi connectivity index (χ1) is 16.1. The van der Waals surface area contributed by atoms with Crippen LogP contribution in [0.25, 0.3) is 0 Å². The van der Waals surface area contributed by atoms with Gasteiger partial charge in [-0.05, 0) is 66.0 Å². The van der Waals surface area contributed by atoms with Crippen LogP contribution in [0.5, 0.6) is 0 Å². The Morgan fingerprint density at radius 2 is 1.15 bits per heavy atom. The molecule has 4 rings (SSSR count). The van der Waals surface area contributed by atoms with E-state index in [0.29, 0.717) is 33.2 Å². The van der Waals surface area contributed by atoms with Crippen LogP contribution in [0.2, 0.25) is 0 Å². The summed E-state index contributed by atoms with van der Waals surface area (Å²) in [7, 11) is 0. The molecule has 0 fully saturated rings. The number of hydrogen-bond acceptors (Lipinski definition) is 4. The van der Waals surface area contributed by atoms with Crippen LogP contribution in [0.4, 0.5) is 27.5 Å². The van der Waals surface area contributed by atoms with Crippen molar-refractivity contribution in [2.75, 3.05) is 21.3 Å². The van der Waals surface area contributed by atoms with Crippen molar-refractivity contribution in [1.82, 2.24) is 0 Å². The average molecular weight is 457 g/mol. The zero-order chi connectivity index (χ0) is 23.0. The Labute approximate surface area is 194 Å². The van der Waals surface area contributed by atoms with Gasteiger partial charge in [-0.1, -0.05) is 30.3 Å². The molecule has 0 aliphatic carbocycles. The molecule has 0 saturated carbocycles. The van der Waals surface area contributed by atoms with E-state index in [4.69, 9.17) is 0 Å². The van der Waals surface area contributed by atoms with E-state index in [-0.39, 0.29) is 17.8 Å². The summed E-state index contributed by atoms with van der Waals surface area (Å²) in [6.45, 7) is 0. The highest BCUT2D eigenvalue weighted by Gasteiger charge is 2.10. The molecule has 33 heavy (non-hydrogen) atoms. The zero-order valence-electron chi connectivity index (χ0n) is 17.4. The van der Waals surface area contributed by atoms with Gasteiger partial charge in [0.2, 0.25) is 0 Å². The van der Waals surface area contributed by atoms with Crippen molar-refractivity contribution in [3.8, 4) is 0 Å². The summed E-state index contributed by atoms with van der Waals surface area (Å²) in [5.74, 6) is -0.500. The van der Waals surface area contributed by atoms with Crippen molar-refractivity contribution in [2.45, 2.75) is 0 Å². The van der Waals surface area contributed by atoms with Crippen LogP contribution < -0.4 is 21.3 Å². The Hall–Kier alpha value is -4.43. The molecule has 0 unspecified atom stereocenters. The van der Waals surface area contributed by atoms with Gasteiger partial charge in [-0.25, -0.2) is 4.79 Å². The van der Waals surface area contributed by atoms with Crippen molar-refractivity contribution >= 4 is 51.9 Å². The monoisotopic (exact) mass is 456 g/mol. The molecule has 0 bridgehead atoms. The lowest BCUT2D eigenvalue weighted by atomic mass is 10.2. The number of benzene rings is 3. The molecule has 4 N–H and O–H groups in total. The molecular weight excluding hydrogens is 436 g/mol. The summed E-state index contributed by atoms with van der Waals surface area (Å²) in [6, 6.07) is 25.7. The van der Waals surface area contributed by atoms with E-state index in [0.717, 1.165) is 0 Å². The topological polar surface area (TPSA) is 99.3 Å². The number of para-hydroxylation sites is 1. The molecule has 0 radical (unpaired) electrons. The third-order valence-electron chi connectivity index (χ3n) is 4.56. The molecule has 7 nitrogen and oxygen atoms in total. The van der Waals surface area contributed by atoms with Crippen LogP contribution in [-0.4, -0.2) is 17.8 Å². The number of nitrogens with one attached hydrogen (secondary N) is 4. The summed E-state index contributed by atoms with van der Waals surface area (Å²) in [4.78, 5) is 37.5. The summed E-state index contributed by atoms with van der Waals surface area (Å²) in [6.07, 6.45) is 0. The predicted octanol–water partition coefficient (Wildman–Crippen LogP) is 5.90.